The van der Waals surface area contributed by atoms with Gasteiger partial charge in [0, 0.05) is 0 Å². The van der Waals surface area contributed by atoms with Crippen LogP contribution >= 0.6 is 15.9 Å². The summed E-state index contributed by atoms with van der Waals surface area (Å²) in [6, 6.07) is 4.36. The van der Waals surface area contributed by atoms with Crippen molar-refractivity contribution in [2.24, 2.45) is 5.92 Å². The molecule has 0 heterocycles. The molecule has 0 aliphatic rings. The zero-order valence-corrected chi connectivity index (χ0v) is 10.1. The average molecular weight is 272 g/mol. The maximum absolute atomic E-state index is 13.0. The van der Waals surface area contributed by atoms with Crippen molar-refractivity contribution in [3.63, 3.8) is 0 Å². The molecule has 1 rings (SSSR count). The Kier molecular flexibility index (Phi) is 4.10. The summed E-state index contributed by atoms with van der Waals surface area (Å²) in [5, 5.41) is 8.82. The first-order chi connectivity index (χ1) is 7.04. The van der Waals surface area contributed by atoms with E-state index in [-0.39, 0.29) is 5.56 Å². The smallest absolute Gasteiger partial charge is 0.151 e. The number of nitrogens with zero attached hydrogens (tertiary/aromatic N) is 1. The van der Waals surface area contributed by atoms with Gasteiger partial charge >= 0.3 is 0 Å². The predicted octanol–water partition coefficient (Wildman–Crippen LogP) is 3.49. The van der Waals surface area contributed by atoms with Crippen LogP contribution in [0, 0.1) is 23.1 Å². The molecule has 0 radical (unpaired) electrons. The van der Waals surface area contributed by atoms with Gasteiger partial charge in [-0.2, -0.15) is 5.26 Å². The van der Waals surface area contributed by atoms with Crippen molar-refractivity contribution in [2.45, 2.75) is 13.8 Å². The molecule has 0 aliphatic carbocycles. The van der Waals surface area contributed by atoms with Crippen molar-refractivity contribution in [3.8, 4) is 11.8 Å². The van der Waals surface area contributed by atoms with Crippen LogP contribution in [0.15, 0.2) is 16.6 Å². The Morgan fingerprint density at radius 2 is 2.20 bits per heavy atom. The van der Waals surface area contributed by atoms with Crippen molar-refractivity contribution in [1.82, 2.24) is 0 Å². The summed E-state index contributed by atoms with van der Waals surface area (Å²) < 4.78 is 18.9. The normalized spacial score (nSPS) is 10.1. The van der Waals surface area contributed by atoms with E-state index in [1.165, 1.54) is 12.1 Å². The summed E-state index contributed by atoms with van der Waals surface area (Å²) in [5.41, 5.74) is 0.211. The minimum absolute atomic E-state index is 0.211. The molecule has 0 saturated carbocycles. The fourth-order valence-corrected chi connectivity index (χ4v) is 1.59. The van der Waals surface area contributed by atoms with Gasteiger partial charge in [0.2, 0.25) is 0 Å². The monoisotopic (exact) mass is 271 g/mol. The molecule has 15 heavy (non-hydrogen) atoms. The molecule has 0 unspecified atom stereocenters. The third-order valence-electron chi connectivity index (χ3n) is 1.69. The van der Waals surface area contributed by atoms with E-state index in [1.807, 2.05) is 19.9 Å². The number of halogens is 2. The highest BCUT2D eigenvalue weighted by atomic mass is 79.9. The molecule has 0 aromatic heterocycles. The van der Waals surface area contributed by atoms with Crippen LogP contribution in [-0.2, 0) is 0 Å². The number of rotatable bonds is 3. The van der Waals surface area contributed by atoms with Crippen molar-refractivity contribution in [1.29, 1.82) is 5.26 Å². The molecule has 80 valence electrons. The van der Waals surface area contributed by atoms with Gasteiger partial charge < -0.3 is 4.74 Å². The van der Waals surface area contributed by atoms with Crippen LogP contribution in [0.1, 0.15) is 19.4 Å². The lowest BCUT2D eigenvalue weighted by Crippen LogP contribution is -2.06. The standard InChI is InChI=1S/C11H11BrFNO/c1-7(2)6-15-11-8(5-14)3-9(13)4-10(11)12/h3-4,7H,6H2,1-2H3. The Hall–Kier alpha value is -1.08. The second kappa shape index (κ2) is 5.13. The minimum atomic E-state index is -0.449. The number of benzene rings is 1. The lowest BCUT2D eigenvalue weighted by atomic mass is 10.2. The molecule has 0 fully saturated rings. The van der Waals surface area contributed by atoms with Crippen LogP contribution in [0.25, 0.3) is 0 Å². The van der Waals surface area contributed by atoms with Gasteiger partial charge in [-0.15, -0.1) is 0 Å². The molecule has 0 aliphatic heterocycles. The van der Waals surface area contributed by atoms with E-state index >= 15 is 0 Å². The third-order valence-corrected chi connectivity index (χ3v) is 2.28. The van der Waals surface area contributed by atoms with E-state index in [0.29, 0.717) is 22.7 Å². The highest BCUT2D eigenvalue weighted by molar-refractivity contribution is 9.10. The fourth-order valence-electron chi connectivity index (χ4n) is 1.04. The highest BCUT2D eigenvalue weighted by Gasteiger charge is 2.11. The van der Waals surface area contributed by atoms with E-state index in [0.717, 1.165) is 0 Å². The van der Waals surface area contributed by atoms with E-state index < -0.39 is 5.82 Å². The Bertz CT molecular complexity index is 398. The first-order valence-electron chi connectivity index (χ1n) is 4.56. The summed E-state index contributed by atoms with van der Waals surface area (Å²) in [4.78, 5) is 0. The molecule has 0 spiro atoms. The topological polar surface area (TPSA) is 33.0 Å². The first kappa shape index (κ1) is 12.0. The summed E-state index contributed by atoms with van der Waals surface area (Å²) in [5.74, 6) is 0.316. The molecule has 0 amide bonds. The molecule has 4 heteroatoms. The fraction of sp³-hybridized carbons (Fsp3) is 0.364. The molecule has 2 nitrogen and oxygen atoms in total. The maximum Gasteiger partial charge on any atom is 0.151 e. The second-order valence-electron chi connectivity index (χ2n) is 3.58. The Morgan fingerprint density at radius 3 is 2.73 bits per heavy atom. The zero-order chi connectivity index (χ0) is 11.4. The van der Waals surface area contributed by atoms with E-state index in [4.69, 9.17) is 10.00 Å². The van der Waals surface area contributed by atoms with Crippen molar-refractivity contribution in [2.75, 3.05) is 6.61 Å². The van der Waals surface area contributed by atoms with Crippen molar-refractivity contribution in [3.05, 3.63) is 28.0 Å². The minimum Gasteiger partial charge on any atom is -0.491 e. The Morgan fingerprint density at radius 1 is 1.53 bits per heavy atom. The van der Waals surface area contributed by atoms with Crippen LogP contribution in [0.2, 0.25) is 0 Å². The maximum atomic E-state index is 13.0. The quantitative estimate of drug-likeness (QED) is 0.843. The molecule has 0 saturated heterocycles. The van der Waals surface area contributed by atoms with Gasteiger partial charge in [0.25, 0.3) is 0 Å². The largest absolute Gasteiger partial charge is 0.491 e. The Balaban J connectivity index is 3.00. The molecular weight excluding hydrogens is 261 g/mol. The summed E-state index contributed by atoms with van der Waals surface area (Å²) >= 11 is 3.17. The van der Waals surface area contributed by atoms with Gasteiger partial charge in [-0.05, 0) is 34.0 Å². The van der Waals surface area contributed by atoms with Gasteiger partial charge in [0.05, 0.1) is 16.6 Å². The van der Waals surface area contributed by atoms with Gasteiger partial charge in [0.15, 0.2) is 5.75 Å². The van der Waals surface area contributed by atoms with E-state index in [1.54, 1.807) is 0 Å². The third kappa shape index (κ3) is 3.21. The summed E-state index contributed by atoms with van der Waals surface area (Å²) in [6.45, 7) is 4.51. The van der Waals surface area contributed by atoms with Gasteiger partial charge in [-0.1, -0.05) is 13.8 Å². The number of hydrogen-bond acceptors (Lipinski definition) is 2. The first-order valence-corrected chi connectivity index (χ1v) is 5.36. The van der Waals surface area contributed by atoms with Crippen LogP contribution in [0.4, 0.5) is 4.39 Å². The second-order valence-corrected chi connectivity index (χ2v) is 4.44. The van der Waals surface area contributed by atoms with Gasteiger partial charge in [-0.25, -0.2) is 4.39 Å². The predicted molar refractivity (Wildman–Crippen MR) is 59.1 cm³/mol. The molecule has 1 aromatic rings. The molecule has 0 N–H and O–H groups in total. The van der Waals surface area contributed by atoms with Crippen molar-refractivity contribution >= 4 is 15.9 Å². The lowest BCUT2D eigenvalue weighted by Gasteiger charge is -2.11. The number of hydrogen-bond donors (Lipinski definition) is 0. The molecule has 0 bridgehead atoms. The highest BCUT2D eigenvalue weighted by Crippen LogP contribution is 2.30. The van der Waals surface area contributed by atoms with Crippen LogP contribution in [-0.4, -0.2) is 6.61 Å². The number of nitriles is 1. The lowest BCUT2D eigenvalue weighted by molar-refractivity contribution is 0.268. The zero-order valence-electron chi connectivity index (χ0n) is 8.55. The molecule has 1 aromatic carbocycles. The molecular formula is C11H11BrFNO. The molecule has 0 atom stereocenters. The number of ether oxygens (including phenoxy) is 1. The van der Waals surface area contributed by atoms with Crippen LogP contribution < -0.4 is 4.74 Å². The van der Waals surface area contributed by atoms with E-state index in [9.17, 15) is 4.39 Å². The van der Waals surface area contributed by atoms with Crippen molar-refractivity contribution < 1.29 is 9.13 Å². The Labute approximate surface area is 96.8 Å². The van der Waals surface area contributed by atoms with E-state index in [2.05, 4.69) is 15.9 Å². The summed E-state index contributed by atoms with van der Waals surface area (Å²) in [7, 11) is 0. The SMILES string of the molecule is CC(C)COc1c(Br)cc(F)cc1C#N. The van der Waals surface area contributed by atoms with Crippen LogP contribution in [0.5, 0.6) is 5.75 Å². The average Bonchev–Trinajstić information content (AvgIpc) is 2.14. The van der Waals surface area contributed by atoms with Gasteiger partial charge in [-0.3, -0.25) is 0 Å². The summed E-state index contributed by atoms with van der Waals surface area (Å²) in [6.07, 6.45) is 0. The van der Waals surface area contributed by atoms with Crippen LogP contribution in [0.3, 0.4) is 0 Å². The van der Waals surface area contributed by atoms with Gasteiger partial charge in [0.1, 0.15) is 11.9 Å².